The molecule has 1 fully saturated rings. The van der Waals surface area contributed by atoms with Crippen LogP contribution >= 0.6 is 11.8 Å². The van der Waals surface area contributed by atoms with E-state index < -0.39 is 26.2 Å². The molecule has 0 aliphatic carbocycles. The van der Waals surface area contributed by atoms with Gasteiger partial charge < -0.3 is 0 Å². The number of thioether (sulfide) groups is 1. The molecule has 0 aromatic heterocycles. The first kappa shape index (κ1) is 17.4. The molecule has 0 saturated carbocycles. The SMILES string of the molecule is Cc1ccc(S(=O)(=O)N2C(=O)CSC2c2ccc([N+](=O)[O-])cc2)cc1. The number of aryl methyl sites for hydroxylation is 1. The van der Waals surface area contributed by atoms with Gasteiger partial charge in [0, 0.05) is 12.1 Å². The summed E-state index contributed by atoms with van der Waals surface area (Å²) < 4.78 is 26.7. The van der Waals surface area contributed by atoms with Gasteiger partial charge in [-0.2, -0.15) is 0 Å². The average molecular weight is 378 g/mol. The summed E-state index contributed by atoms with van der Waals surface area (Å²) >= 11 is 1.18. The second-order valence-electron chi connectivity index (χ2n) is 5.52. The summed E-state index contributed by atoms with van der Waals surface area (Å²) in [6, 6.07) is 11.8. The standard InChI is InChI=1S/C16H14N2O5S2/c1-11-2-8-14(9-3-11)25(22,23)17-15(19)10-24-16(17)12-4-6-13(7-5-12)18(20)21/h2-9,16H,10H2,1H3. The van der Waals surface area contributed by atoms with Crippen LogP contribution in [-0.4, -0.2) is 29.3 Å². The Bertz CT molecular complexity index is 924. The Hall–Kier alpha value is -2.39. The van der Waals surface area contributed by atoms with Crippen LogP contribution in [0.2, 0.25) is 0 Å². The molecule has 9 heteroatoms. The second kappa shape index (κ2) is 6.49. The predicted octanol–water partition coefficient (Wildman–Crippen LogP) is 2.87. The maximum Gasteiger partial charge on any atom is 0.269 e. The summed E-state index contributed by atoms with van der Waals surface area (Å²) in [5, 5.41) is 10.0. The van der Waals surface area contributed by atoms with Crippen LogP contribution < -0.4 is 0 Å². The van der Waals surface area contributed by atoms with Crippen molar-refractivity contribution < 1.29 is 18.1 Å². The summed E-state index contributed by atoms with van der Waals surface area (Å²) in [5.41, 5.74) is 1.34. The van der Waals surface area contributed by atoms with Gasteiger partial charge >= 0.3 is 0 Å². The van der Waals surface area contributed by atoms with Crippen LogP contribution in [0.15, 0.2) is 53.4 Å². The molecule has 1 aliphatic rings. The van der Waals surface area contributed by atoms with Crippen molar-refractivity contribution in [3.8, 4) is 0 Å². The lowest BCUT2D eigenvalue weighted by molar-refractivity contribution is -0.384. The van der Waals surface area contributed by atoms with Gasteiger partial charge in [0.2, 0.25) is 5.91 Å². The monoisotopic (exact) mass is 378 g/mol. The Kier molecular flexibility index (Phi) is 4.53. The number of hydrogen-bond acceptors (Lipinski definition) is 6. The molecule has 130 valence electrons. The van der Waals surface area contributed by atoms with E-state index in [2.05, 4.69) is 0 Å². The van der Waals surface area contributed by atoms with Gasteiger partial charge in [-0.25, -0.2) is 12.7 Å². The lowest BCUT2D eigenvalue weighted by atomic mass is 10.2. The van der Waals surface area contributed by atoms with E-state index in [1.54, 1.807) is 12.1 Å². The fourth-order valence-electron chi connectivity index (χ4n) is 2.49. The predicted molar refractivity (Wildman–Crippen MR) is 93.5 cm³/mol. The summed E-state index contributed by atoms with van der Waals surface area (Å²) in [4.78, 5) is 22.5. The smallest absolute Gasteiger partial charge is 0.269 e. The molecule has 1 amide bonds. The van der Waals surface area contributed by atoms with Crippen LogP contribution in [0.4, 0.5) is 5.69 Å². The van der Waals surface area contributed by atoms with Crippen molar-refractivity contribution in [2.24, 2.45) is 0 Å². The molecule has 0 N–H and O–H groups in total. The number of nitro benzene ring substituents is 1. The van der Waals surface area contributed by atoms with E-state index >= 15 is 0 Å². The zero-order valence-electron chi connectivity index (χ0n) is 13.2. The molecule has 1 atom stereocenters. The third-order valence-electron chi connectivity index (χ3n) is 3.79. The fraction of sp³-hybridized carbons (Fsp3) is 0.188. The molecule has 1 aliphatic heterocycles. The molecule has 0 radical (unpaired) electrons. The van der Waals surface area contributed by atoms with Crippen molar-refractivity contribution in [3.63, 3.8) is 0 Å². The van der Waals surface area contributed by atoms with E-state index in [1.165, 1.54) is 48.2 Å². The molecule has 2 aromatic rings. The number of nitrogens with zero attached hydrogens (tertiary/aromatic N) is 2. The van der Waals surface area contributed by atoms with Gasteiger partial charge in [-0.05, 0) is 36.8 Å². The van der Waals surface area contributed by atoms with Crippen LogP contribution in [0.5, 0.6) is 0 Å². The first-order valence-corrected chi connectivity index (χ1v) is 9.79. The quantitative estimate of drug-likeness (QED) is 0.599. The molecule has 25 heavy (non-hydrogen) atoms. The highest BCUT2D eigenvalue weighted by atomic mass is 32.2. The molecule has 0 spiro atoms. The number of amides is 1. The average Bonchev–Trinajstić information content (AvgIpc) is 2.98. The molecule has 1 unspecified atom stereocenters. The topological polar surface area (TPSA) is 97.6 Å². The van der Waals surface area contributed by atoms with Crippen molar-refractivity contribution in [3.05, 3.63) is 69.8 Å². The summed E-state index contributed by atoms with van der Waals surface area (Å²) in [7, 11) is -4.00. The number of carbonyl (C=O) groups is 1. The van der Waals surface area contributed by atoms with Crippen molar-refractivity contribution >= 4 is 33.4 Å². The first-order chi connectivity index (χ1) is 11.8. The lowest BCUT2D eigenvalue weighted by Crippen LogP contribution is -2.34. The summed E-state index contributed by atoms with van der Waals surface area (Å²) in [5.74, 6) is -0.471. The molecule has 7 nitrogen and oxygen atoms in total. The third kappa shape index (κ3) is 3.24. The number of benzene rings is 2. The van der Waals surface area contributed by atoms with E-state index in [0.29, 0.717) is 5.56 Å². The van der Waals surface area contributed by atoms with Crippen molar-refractivity contribution in [1.29, 1.82) is 0 Å². The van der Waals surface area contributed by atoms with Crippen LogP contribution in [0.3, 0.4) is 0 Å². The molecular weight excluding hydrogens is 364 g/mol. The van der Waals surface area contributed by atoms with Gasteiger partial charge in [-0.3, -0.25) is 14.9 Å². The van der Waals surface area contributed by atoms with Gasteiger partial charge in [0.05, 0.1) is 15.6 Å². The van der Waals surface area contributed by atoms with Gasteiger partial charge in [-0.15, -0.1) is 11.8 Å². The van der Waals surface area contributed by atoms with Crippen molar-refractivity contribution in [1.82, 2.24) is 4.31 Å². The highest BCUT2D eigenvalue weighted by Gasteiger charge is 2.42. The van der Waals surface area contributed by atoms with Crippen molar-refractivity contribution in [2.75, 3.05) is 5.75 Å². The van der Waals surface area contributed by atoms with E-state index in [0.717, 1.165) is 9.87 Å². The Morgan fingerprint density at radius 2 is 1.72 bits per heavy atom. The minimum Gasteiger partial charge on any atom is -0.273 e. The number of sulfonamides is 1. The van der Waals surface area contributed by atoms with Gasteiger partial charge in [0.1, 0.15) is 5.37 Å². The highest BCUT2D eigenvalue weighted by molar-refractivity contribution is 8.02. The Morgan fingerprint density at radius 3 is 2.28 bits per heavy atom. The minimum atomic E-state index is -4.00. The van der Waals surface area contributed by atoms with Crippen LogP contribution in [0.25, 0.3) is 0 Å². The Labute approximate surface area is 148 Å². The first-order valence-electron chi connectivity index (χ1n) is 7.30. The lowest BCUT2D eigenvalue weighted by Gasteiger charge is -2.23. The van der Waals surface area contributed by atoms with Gasteiger partial charge in [0.25, 0.3) is 15.7 Å². The fourth-order valence-corrected chi connectivity index (χ4v) is 5.55. The summed E-state index contributed by atoms with van der Waals surface area (Å²) in [6.07, 6.45) is 0. The Morgan fingerprint density at radius 1 is 1.12 bits per heavy atom. The largest absolute Gasteiger partial charge is 0.273 e. The van der Waals surface area contributed by atoms with Crippen LogP contribution in [-0.2, 0) is 14.8 Å². The van der Waals surface area contributed by atoms with Crippen LogP contribution in [0.1, 0.15) is 16.5 Å². The molecule has 3 rings (SSSR count). The third-order valence-corrected chi connectivity index (χ3v) is 6.94. The summed E-state index contributed by atoms with van der Waals surface area (Å²) in [6.45, 7) is 1.84. The van der Waals surface area contributed by atoms with Gasteiger partial charge in [-0.1, -0.05) is 17.7 Å². The van der Waals surface area contributed by atoms with Crippen LogP contribution in [0, 0.1) is 17.0 Å². The highest BCUT2D eigenvalue weighted by Crippen LogP contribution is 2.42. The van der Waals surface area contributed by atoms with E-state index in [9.17, 15) is 23.3 Å². The second-order valence-corrected chi connectivity index (χ2v) is 8.40. The van der Waals surface area contributed by atoms with Gasteiger partial charge in [0.15, 0.2) is 0 Å². The number of non-ortho nitro benzene ring substituents is 1. The number of rotatable bonds is 4. The number of nitro groups is 1. The van der Waals surface area contributed by atoms with E-state index in [1.807, 2.05) is 6.92 Å². The van der Waals surface area contributed by atoms with E-state index in [-0.39, 0.29) is 16.3 Å². The maximum atomic E-state index is 12.9. The molecule has 2 aromatic carbocycles. The zero-order valence-corrected chi connectivity index (χ0v) is 14.8. The Balaban J connectivity index is 1.99. The molecule has 1 saturated heterocycles. The number of carbonyl (C=O) groups excluding carboxylic acids is 1. The zero-order chi connectivity index (χ0) is 18.2. The van der Waals surface area contributed by atoms with E-state index in [4.69, 9.17) is 0 Å². The normalized spacial score (nSPS) is 17.7. The minimum absolute atomic E-state index is 0.0345. The maximum absolute atomic E-state index is 12.9. The molecule has 1 heterocycles. The molecular formula is C16H14N2O5S2. The molecule has 0 bridgehead atoms. The van der Waals surface area contributed by atoms with Crippen molar-refractivity contribution in [2.45, 2.75) is 17.2 Å². The number of hydrogen-bond donors (Lipinski definition) is 0.